The van der Waals surface area contributed by atoms with Crippen LogP contribution in [0.15, 0.2) is 84.9 Å². The lowest BCUT2D eigenvalue weighted by molar-refractivity contribution is 0.0378. The first-order valence-electron chi connectivity index (χ1n) is 9.19. The summed E-state index contributed by atoms with van der Waals surface area (Å²) in [5.74, 6) is -0.407. The Kier molecular flexibility index (Phi) is 5.06. The summed E-state index contributed by atoms with van der Waals surface area (Å²) in [4.78, 5) is 26.2. The van der Waals surface area contributed by atoms with E-state index in [4.69, 9.17) is 4.74 Å². The van der Waals surface area contributed by atoms with Crippen molar-refractivity contribution >= 4 is 17.7 Å². The second kappa shape index (κ2) is 7.96. The molecule has 0 aliphatic carbocycles. The molecule has 3 aromatic carbocycles. The van der Waals surface area contributed by atoms with Gasteiger partial charge in [-0.25, -0.2) is 9.59 Å². The molecular weight excluding hydrogens is 352 g/mol. The molecule has 1 aliphatic rings. The van der Waals surface area contributed by atoms with Crippen molar-refractivity contribution in [2.24, 2.45) is 0 Å². The van der Waals surface area contributed by atoms with E-state index in [0.717, 1.165) is 16.8 Å². The molecule has 0 radical (unpaired) electrons. The molecule has 140 valence electrons. The van der Waals surface area contributed by atoms with Crippen LogP contribution in [0.4, 0.5) is 10.5 Å². The van der Waals surface area contributed by atoms with Crippen LogP contribution in [0.2, 0.25) is 0 Å². The topological polar surface area (TPSA) is 58.6 Å². The van der Waals surface area contributed by atoms with Gasteiger partial charge < -0.3 is 10.1 Å². The van der Waals surface area contributed by atoms with E-state index in [1.165, 1.54) is 0 Å². The van der Waals surface area contributed by atoms with Crippen LogP contribution in [-0.4, -0.2) is 25.1 Å². The smallest absolute Gasteiger partial charge is 0.339 e. The third kappa shape index (κ3) is 3.74. The fourth-order valence-corrected chi connectivity index (χ4v) is 3.25. The summed E-state index contributed by atoms with van der Waals surface area (Å²) < 4.78 is 5.86. The Balaban J connectivity index is 1.55. The standard InChI is InChI=1S/C23H20N2O3/c26-22(19-11-13-20(14-12-19)25-16-15-24-23(25)27)28-21(17-7-3-1-4-8-17)18-9-5-2-6-10-18/h1-14,21H,15-16H2,(H,24,27). The van der Waals surface area contributed by atoms with E-state index in [1.807, 2.05) is 60.7 Å². The fraction of sp³-hybridized carbons (Fsp3) is 0.130. The highest BCUT2D eigenvalue weighted by Crippen LogP contribution is 2.27. The first-order valence-corrected chi connectivity index (χ1v) is 9.19. The summed E-state index contributed by atoms with van der Waals surface area (Å²) >= 11 is 0. The van der Waals surface area contributed by atoms with Crippen molar-refractivity contribution in [1.82, 2.24) is 5.32 Å². The summed E-state index contributed by atoms with van der Waals surface area (Å²) in [6.45, 7) is 1.24. The second-order valence-corrected chi connectivity index (χ2v) is 6.54. The van der Waals surface area contributed by atoms with E-state index in [9.17, 15) is 9.59 Å². The molecule has 2 amide bonds. The summed E-state index contributed by atoms with van der Waals surface area (Å²) in [5, 5.41) is 2.76. The molecule has 0 aromatic heterocycles. The van der Waals surface area contributed by atoms with Crippen LogP contribution in [-0.2, 0) is 4.74 Å². The molecule has 0 unspecified atom stereocenters. The molecule has 1 N–H and O–H groups in total. The number of carbonyl (C=O) groups excluding carboxylic acids is 2. The number of hydrogen-bond acceptors (Lipinski definition) is 3. The van der Waals surface area contributed by atoms with E-state index in [-0.39, 0.29) is 6.03 Å². The molecule has 1 heterocycles. The monoisotopic (exact) mass is 372 g/mol. The lowest BCUT2D eigenvalue weighted by Crippen LogP contribution is -2.27. The highest BCUT2D eigenvalue weighted by molar-refractivity contribution is 5.95. The zero-order valence-electron chi connectivity index (χ0n) is 15.2. The van der Waals surface area contributed by atoms with Crippen molar-refractivity contribution < 1.29 is 14.3 Å². The van der Waals surface area contributed by atoms with E-state index in [2.05, 4.69) is 5.32 Å². The van der Waals surface area contributed by atoms with Gasteiger partial charge in [-0.05, 0) is 35.4 Å². The van der Waals surface area contributed by atoms with Gasteiger partial charge in [0.2, 0.25) is 0 Å². The van der Waals surface area contributed by atoms with Crippen molar-refractivity contribution in [1.29, 1.82) is 0 Å². The number of urea groups is 1. The third-order valence-electron chi connectivity index (χ3n) is 4.70. The van der Waals surface area contributed by atoms with Crippen LogP contribution >= 0.6 is 0 Å². The van der Waals surface area contributed by atoms with Gasteiger partial charge in [-0.1, -0.05) is 60.7 Å². The van der Waals surface area contributed by atoms with Crippen LogP contribution in [0.1, 0.15) is 27.6 Å². The Morgan fingerprint density at radius 3 is 1.93 bits per heavy atom. The maximum absolute atomic E-state index is 12.8. The van der Waals surface area contributed by atoms with Gasteiger partial charge in [-0.2, -0.15) is 0 Å². The van der Waals surface area contributed by atoms with Crippen molar-refractivity contribution in [3.63, 3.8) is 0 Å². The Morgan fingerprint density at radius 2 is 1.43 bits per heavy atom. The molecule has 5 nitrogen and oxygen atoms in total. The van der Waals surface area contributed by atoms with E-state index < -0.39 is 12.1 Å². The van der Waals surface area contributed by atoms with Crippen LogP contribution in [0.25, 0.3) is 0 Å². The van der Waals surface area contributed by atoms with Crippen molar-refractivity contribution in [2.75, 3.05) is 18.0 Å². The van der Waals surface area contributed by atoms with Crippen LogP contribution < -0.4 is 10.2 Å². The molecule has 5 heteroatoms. The van der Waals surface area contributed by atoms with Gasteiger partial charge in [0, 0.05) is 18.8 Å². The van der Waals surface area contributed by atoms with Crippen molar-refractivity contribution in [3.8, 4) is 0 Å². The molecule has 0 bridgehead atoms. The Labute approximate surface area is 163 Å². The summed E-state index contributed by atoms with van der Waals surface area (Å²) in [6, 6.07) is 26.1. The summed E-state index contributed by atoms with van der Waals surface area (Å²) in [6.07, 6.45) is -0.487. The molecule has 3 aromatic rings. The highest BCUT2D eigenvalue weighted by atomic mass is 16.5. The minimum atomic E-state index is -0.487. The molecule has 28 heavy (non-hydrogen) atoms. The number of anilines is 1. The molecule has 4 rings (SSSR count). The summed E-state index contributed by atoms with van der Waals surface area (Å²) in [5.41, 5.74) is 3.02. The predicted molar refractivity (Wildman–Crippen MR) is 107 cm³/mol. The first-order chi connectivity index (χ1) is 13.7. The van der Waals surface area contributed by atoms with Gasteiger partial charge in [-0.15, -0.1) is 0 Å². The van der Waals surface area contributed by atoms with Gasteiger partial charge in [0.15, 0.2) is 6.10 Å². The largest absolute Gasteiger partial charge is 0.449 e. The lowest BCUT2D eigenvalue weighted by atomic mass is 10.0. The predicted octanol–water partition coefficient (Wildman–Crippen LogP) is 4.16. The molecule has 0 spiro atoms. The number of benzene rings is 3. The van der Waals surface area contributed by atoms with Crippen molar-refractivity contribution in [3.05, 3.63) is 102 Å². The molecule has 0 saturated carbocycles. The third-order valence-corrected chi connectivity index (χ3v) is 4.70. The van der Waals surface area contributed by atoms with Gasteiger partial charge in [-0.3, -0.25) is 4.90 Å². The van der Waals surface area contributed by atoms with Gasteiger partial charge in [0.05, 0.1) is 5.56 Å². The van der Waals surface area contributed by atoms with Crippen LogP contribution in [0, 0.1) is 0 Å². The minimum absolute atomic E-state index is 0.122. The fourth-order valence-electron chi connectivity index (χ4n) is 3.25. The normalized spacial score (nSPS) is 13.5. The average Bonchev–Trinajstić information content (AvgIpc) is 3.19. The maximum Gasteiger partial charge on any atom is 0.339 e. The van der Waals surface area contributed by atoms with Crippen molar-refractivity contribution in [2.45, 2.75) is 6.10 Å². The number of ether oxygens (including phenoxy) is 1. The van der Waals surface area contributed by atoms with Gasteiger partial charge >= 0.3 is 12.0 Å². The number of hydrogen-bond donors (Lipinski definition) is 1. The number of nitrogens with zero attached hydrogens (tertiary/aromatic N) is 1. The molecule has 0 atom stereocenters. The van der Waals surface area contributed by atoms with Gasteiger partial charge in [0.25, 0.3) is 0 Å². The molecular formula is C23H20N2O3. The quantitative estimate of drug-likeness (QED) is 0.684. The zero-order chi connectivity index (χ0) is 19.3. The minimum Gasteiger partial charge on any atom is -0.449 e. The number of nitrogens with one attached hydrogen (secondary N) is 1. The number of rotatable bonds is 5. The Bertz CT molecular complexity index is 917. The number of carbonyl (C=O) groups is 2. The average molecular weight is 372 g/mol. The van der Waals surface area contributed by atoms with E-state index in [1.54, 1.807) is 29.2 Å². The first kappa shape index (κ1) is 17.8. The lowest BCUT2D eigenvalue weighted by Gasteiger charge is -2.19. The number of amides is 2. The SMILES string of the molecule is O=C(OC(c1ccccc1)c1ccccc1)c1ccc(N2CCNC2=O)cc1. The summed E-state index contributed by atoms with van der Waals surface area (Å²) in [7, 11) is 0. The molecule has 1 saturated heterocycles. The number of esters is 1. The maximum atomic E-state index is 12.8. The Morgan fingerprint density at radius 1 is 0.857 bits per heavy atom. The molecule has 1 aliphatic heterocycles. The van der Waals surface area contributed by atoms with E-state index >= 15 is 0 Å². The molecule has 1 fully saturated rings. The van der Waals surface area contributed by atoms with E-state index in [0.29, 0.717) is 18.7 Å². The second-order valence-electron chi connectivity index (χ2n) is 6.54. The van der Waals surface area contributed by atoms with Crippen LogP contribution in [0.3, 0.4) is 0 Å². The highest BCUT2D eigenvalue weighted by Gasteiger charge is 2.23. The zero-order valence-corrected chi connectivity index (χ0v) is 15.2. The Hall–Kier alpha value is -3.60. The van der Waals surface area contributed by atoms with Gasteiger partial charge in [0.1, 0.15) is 0 Å². The van der Waals surface area contributed by atoms with Crippen LogP contribution in [0.5, 0.6) is 0 Å².